The van der Waals surface area contributed by atoms with Gasteiger partial charge in [-0.3, -0.25) is 10.1 Å². The predicted octanol–water partition coefficient (Wildman–Crippen LogP) is 3.92. The number of hydrogen-bond acceptors (Lipinski definition) is 3. The minimum Gasteiger partial charge on any atom is -0.310 e. The molecular weight excluding hydrogens is 264 g/mol. The van der Waals surface area contributed by atoms with Crippen LogP contribution in [0.2, 0.25) is 5.02 Å². The van der Waals surface area contributed by atoms with Gasteiger partial charge in [0.25, 0.3) is 5.69 Å². The van der Waals surface area contributed by atoms with Crippen LogP contribution in [0, 0.1) is 16.0 Å². The Kier molecular flexibility index (Phi) is 4.77. The van der Waals surface area contributed by atoms with E-state index in [2.05, 4.69) is 12.2 Å². The van der Waals surface area contributed by atoms with Crippen LogP contribution < -0.4 is 5.32 Å². The van der Waals surface area contributed by atoms with Crippen molar-refractivity contribution in [2.45, 2.75) is 45.2 Å². The zero-order chi connectivity index (χ0) is 13.8. The molecule has 0 amide bonds. The van der Waals surface area contributed by atoms with E-state index in [0.29, 0.717) is 17.6 Å². The molecule has 104 valence electrons. The van der Waals surface area contributed by atoms with Gasteiger partial charge in [0.05, 0.1) is 4.92 Å². The topological polar surface area (TPSA) is 55.2 Å². The first kappa shape index (κ1) is 14.3. The summed E-state index contributed by atoms with van der Waals surface area (Å²) in [6, 6.07) is 5.01. The fourth-order valence-corrected chi connectivity index (χ4v) is 2.89. The molecule has 5 heteroatoms. The number of nitrogens with one attached hydrogen (secondary N) is 1. The Morgan fingerprint density at radius 3 is 2.79 bits per heavy atom. The van der Waals surface area contributed by atoms with E-state index < -0.39 is 0 Å². The van der Waals surface area contributed by atoms with Gasteiger partial charge < -0.3 is 5.32 Å². The lowest BCUT2D eigenvalue weighted by molar-refractivity contribution is -0.384. The van der Waals surface area contributed by atoms with E-state index >= 15 is 0 Å². The first-order valence-corrected chi connectivity index (χ1v) is 7.12. The zero-order valence-corrected chi connectivity index (χ0v) is 11.8. The molecule has 1 aliphatic rings. The van der Waals surface area contributed by atoms with E-state index in [1.807, 2.05) is 0 Å². The van der Waals surface area contributed by atoms with Crippen molar-refractivity contribution in [2.24, 2.45) is 5.92 Å². The lowest BCUT2D eigenvalue weighted by Gasteiger charge is -2.20. The van der Waals surface area contributed by atoms with E-state index in [9.17, 15) is 10.1 Å². The average Bonchev–Trinajstić information content (AvgIpc) is 2.91. The number of nitro benzene ring substituents is 1. The van der Waals surface area contributed by atoms with Crippen LogP contribution in [0.1, 0.15) is 38.2 Å². The third-order valence-corrected chi connectivity index (χ3v) is 4.33. The highest BCUT2D eigenvalue weighted by Crippen LogP contribution is 2.28. The molecule has 0 heterocycles. The molecule has 1 fully saturated rings. The molecule has 0 radical (unpaired) electrons. The molecule has 0 spiro atoms. The van der Waals surface area contributed by atoms with Crippen LogP contribution in [0.15, 0.2) is 18.2 Å². The highest BCUT2D eigenvalue weighted by atomic mass is 35.5. The highest BCUT2D eigenvalue weighted by Gasteiger charge is 2.21. The second kappa shape index (κ2) is 6.35. The Balaban J connectivity index is 1.98. The van der Waals surface area contributed by atoms with Crippen LogP contribution >= 0.6 is 11.6 Å². The van der Waals surface area contributed by atoms with Crippen LogP contribution in [0.3, 0.4) is 0 Å². The van der Waals surface area contributed by atoms with E-state index in [-0.39, 0.29) is 10.6 Å². The molecule has 1 atom stereocenters. The van der Waals surface area contributed by atoms with E-state index in [1.165, 1.54) is 31.7 Å². The zero-order valence-electron chi connectivity index (χ0n) is 11.1. The summed E-state index contributed by atoms with van der Waals surface area (Å²) in [6.07, 6.45) is 5.18. The van der Waals surface area contributed by atoms with Gasteiger partial charge in [-0.05, 0) is 37.3 Å². The molecule has 0 bridgehead atoms. The molecule has 4 nitrogen and oxygen atoms in total. The Hall–Kier alpha value is -1.13. The van der Waals surface area contributed by atoms with E-state index in [4.69, 9.17) is 11.6 Å². The Morgan fingerprint density at radius 2 is 2.16 bits per heavy atom. The van der Waals surface area contributed by atoms with Gasteiger partial charge in [0, 0.05) is 29.7 Å². The molecule has 0 aromatic heterocycles. The van der Waals surface area contributed by atoms with Crippen molar-refractivity contribution < 1.29 is 4.92 Å². The normalized spacial score (nSPS) is 17.6. The Morgan fingerprint density at radius 1 is 1.47 bits per heavy atom. The van der Waals surface area contributed by atoms with Crippen molar-refractivity contribution in [3.8, 4) is 0 Å². The van der Waals surface area contributed by atoms with Gasteiger partial charge in [-0.2, -0.15) is 0 Å². The first-order valence-electron chi connectivity index (χ1n) is 6.74. The van der Waals surface area contributed by atoms with Crippen molar-refractivity contribution in [2.75, 3.05) is 0 Å². The van der Waals surface area contributed by atoms with Gasteiger partial charge >= 0.3 is 0 Å². The van der Waals surface area contributed by atoms with Gasteiger partial charge in [0.15, 0.2) is 0 Å². The summed E-state index contributed by atoms with van der Waals surface area (Å²) in [7, 11) is 0. The highest BCUT2D eigenvalue weighted by molar-refractivity contribution is 6.31. The van der Waals surface area contributed by atoms with Crippen LogP contribution in [-0.2, 0) is 6.54 Å². The summed E-state index contributed by atoms with van der Waals surface area (Å²) in [6.45, 7) is 2.76. The molecular formula is C14H19ClN2O2. The summed E-state index contributed by atoms with van der Waals surface area (Å²) in [4.78, 5) is 10.4. The average molecular weight is 283 g/mol. The van der Waals surface area contributed by atoms with Crippen molar-refractivity contribution in [1.82, 2.24) is 5.32 Å². The number of benzene rings is 1. The van der Waals surface area contributed by atoms with Crippen molar-refractivity contribution in [3.63, 3.8) is 0 Å². The van der Waals surface area contributed by atoms with E-state index in [1.54, 1.807) is 12.1 Å². The fourth-order valence-electron chi connectivity index (χ4n) is 2.71. The lowest BCUT2D eigenvalue weighted by atomic mass is 9.99. The summed E-state index contributed by atoms with van der Waals surface area (Å²) in [5.74, 6) is 0.720. The second-order valence-electron chi connectivity index (χ2n) is 5.25. The summed E-state index contributed by atoms with van der Waals surface area (Å²) in [5.41, 5.74) is 0.885. The molecule has 0 aliphatic heterocycles. The van der Waals surface area contributed by atoms with Crippen LogP contribution in [0.5, 0.6) is 0 Å². The molecule has 1 saturated carbocycles. The Labute approximate surface area is 118 Å². The minimum atomic E-state index is -0.389. The summed E-state index contributed by atoms with van der Waals surface area (Å²) in [5, 5.41) is 14.8. The van der Waals surface area contributed by atoms with E-state index in [0.717, 1.165) is 11.5 Å². The SMILES string of the molecule is C[C@@H](NCc1cc([N+](=O)[O-])ccc1Cl)C1CCCC1. The monoisotopic (exact) mass is 282 g/mol. The maximum absolute atomic E-state index is 10.8. The van der Waals surface area contributed by atoms with Crippen LogP contribution in [0.4, 0.5) is 5.69 Å². The number of non-ortho nitro benzene ring substituents is 1. The maximum atomic E-state index is 10.8. The molecule has 0 saturated heterocycles. The number of rotatable bonds is 5. The standard InChI is InChI=1S/C14H19ClN2O2/c1-10(11-4-2-3-5-11)16-9-12-8-13(17(18)19)6-7-14(12)15/h6-8,10-11,16H,2-5,9H2,1H3/t10-/m1/s1. The van der Waals surface area contributed by atoms with Crippen LogP contribution in [0.25, 0.3) is 0 Å². The number of hydrogen-bond donors (Lipinski definition) is 1. The van der Waals surface area contributed by atoms with Gasteiger partial charge in [-0.1, -0.05) is 24.4 Å². The molecule has 1 aromatic rings. The number of nitrogens with zero attached hydrogens (tertiary/aromatic N) is 1. The van der Waals surface area contributed by atoms with Crippen LogP contribution in [-0.4, -0.2) is 11.0 Å². The minimum absolute atomic E-state index is 0.0923. The number of halogens is 1. The lowest BCUT2D eigenvalue weighted by Crippen LogP contribution is -2.31. The number of nitro groups is 1. The molecule has 1 aliphatic carbocycles. The third-order valence-electron chi connectivity index (χ3n) is 3.96. The molecule has 2 rings (SSSR count). The quantitative estimate of drug-likeness (QED) is 0.658. The molecule has 19 heavy (non-hydrogen) atoms. The summed E-state index contributed by atoms with van der Waals surface area (Å²) < 4.78 is 0. The molecule has 1 N–H and O–H groups in total. The van der Waals surface area contributed by atoms with Gasteiger partial charge in [-0.15, -0.1) is 0 Å². The third kappa shape index (κ3) is 3.67. The maximum Gasteiger partial charge on any atom is 0.269 e. The predicted molar refractivity (Wildman–Crippen MR) is 76.4 cm³/mol. The molecule has 1 aromatic carbocycles. The molecule has 0 unspecified atom stereocenters. The largest absolute Gasteiger partial charge is 0.310 e. The van der Waals surface area contributed by atoms with Crippen molar-refractivity contribution >= 4 is 17.3 Å². The fraction of sp³-hybridized carbons (Fsp3) is 0.571. The van der Waals surface area contributed by atoms with Crippen molar-refractivity contribution in [1.29, 1.82) is 0 Å². The van der Waals surface area contributed by atoms with Gasteiger partial charge in [0.2, 0.25) is 0 Å². The first-order chi connectivity index (χ1) is 9.08. The second-order valence-corrected chi connectivity index (χ2v) is 5.65. The summed E-state index contributed by atoms with van der Waals surface area (Å²) >= 11 is 6.08. The van der Waals surface area contributed by atoms with Gasteiger partial charge in [0.1, 0.15) is 0 Å². The van der Waals surface area contributed by atoms with Crippen molar-refractivity contribution in [3.05, 3.63) is 38.9 Å². The Bertz CT molecular complexity index is 459. The smallest absolute Gasteiger partial charge is 0.269 e. The van der Waals surface area contributed by atoms with Gasteiger partial charge in [-0.25, -0.2) is 0 Å².